The summed E-state index contributed by atoms with van der Waals surface area (Å²) in [5.74, 6) is -3.84. The van der Waals surface area contributed by atoms with Crippen LogP contribution in [0.4, 0.5) is 13.2 Å². The molecule has 2 rings (SSSR count). The van der Waals surface area contributed by atoms with Gasteiger partial charge in [0, 0.05) is 24.3 Å². The average Bonchev–Trinajstić information content (AvgIpc) is 2.97. The second-order valence-corrected chi connectivity index (χ2v) is 6.28. The Kier molecular flexibility index (Phi) is 10.8. The molecule has 2 radical (unpaired) electrons. The number of aromatic nitrogens is 1. The maximum absolute atomic E-state index is 12.8. The van der Waals surface area contributed by atoms with E-state index in [2.05, 4.69) is 22.9 Å². The number of ketones is 1. The summed E-state index contributed by atoms with van der Waals surface area (Å²) in [4.78, 5) is 31.7. The number of carbonyl (C=O) groups excluding carboxylic acids is 3. The molecule has 2 aromatic rings. The molecule has 6 nitrogen and oxygen atoms in total. The molecule has 0 aliphatic rings. The largest absolute Gasteiger partial charge is 1.00 e. The van der Waals surface area contributed by atoms with Gasteiger partial charge < -0.3 is 19.2 Å². The van der Waals surface area contributed by atoms with Gasteiger partial charge in [-0.15, -0.1) is 0 Å². The standard InChI is InChI=1S/C16H12BrF3NO3.C2H4O2.Hg/c1-9(24-10(2)22)21-13(11-3-5-12(17)6-4-11)7-8-14(21)15(23)16(18,19)20;1-2(3)4;/h3-9H,1H2,2H3;1H3,(H,3,4);/q;;+1/p-1. The average molecular weight is 663 g/mol. The third kappa shape index (κ3) is 8.29. The van der Waals surface area contributed by atoms with Gasteiger partial charge in [0.15, 0.2) is 6.23 Å². The predicted octanol–water partition coefficient (Wildman–Crippen LogP) is 3.31. The van der Waals surface area contributed by atoms with Gasteiger partial charge in [0.1, 0.15) is 0 Å². The van der Waals surface area contributed by atoms with Gasteiger partial charge >= 0.3 is 39.8 Å². The van der Waals surface area contributed by atoms with Crippen molar-refractivity contribution in [2.75, 3.05) is 0 Å². The van der Waals surface area contributed by atoms with Crippen LogP contribution in [0, 0.1) is 6.92 Å². The van der Waals surface area contributed by atoms with Crippen LogP contribution in [-0.2, 0) is 42.0 Å². The molecular formula is C18H15BrF3HgNO5. The van der Waals surface area contributed by atoms with E-state index >= 15 is 0 Å². The number of alkyl halides is 3. The van der Waals surface area contributed by atoms with Crippen LogP contribution in [0.5, 0.6) is 0 Å². The van der Waals surface area contributed by atoms with Gasteiger partial charge in [0.05, 0.1) is 11.4 Å². The van der Waals surface area contributed by atoms with E-state index in [1.807, 2.05) is 0 Å². The second kappa shape index (κ2) is 11.5. The van der Waals surface area contributed by atoms with Crippen LogP contribution in [0.15, 0.2) is 40.9 Å². The molecule has 0 N–H and O–H groups in total. The number of rotatable bonds is 4. The molecule has 1 aromatic carbocycles. The Hall–Kier alpha value is -1.68. The fourth-order valence-electron chi connectivity index (χ4n) is 2.19. The minimum absolute atomic E-state index is 0. The smallest absolute Gasteiger partial charge is 0.550 e. The quantitative estimate of drug-likeness (QED) is 0.285. The molecule has 152 valence electrons. The normalized spacial score (nSPS) is 11.4. The van der Waals surface area contributed by atoms with E-state index in [1.165, 1.54) is 6.07 Å². The van der Waals surface area contributed by atoms with Crippen molar-refractivity contribution in [3.8, 4) is 11.3 Å². The zero-order valence-corrected chi connectivity index (χ0v) is 22.5. The monoisotopic (exact) mass is 663 g/mol. The first-order valence-electron chi connectivity index (χ1n) is 7.61. The summed E-state index contributed by atoms with van der Waals surface area (Å²) >= 11 is 3.26. The van der Waals surface area contributed by atoms with E-state index in [9.17, 15) is 22.8 Å². The Labute approximate surface area is 193 Å². The summed E-state index contributed by atoms with van der Waals surface area (Å²) in [6.07, 6.45) is -6.37. The van der Waals surface area contributed by atoms with Crippen LogP contribution in [0.2, 0.25) is 0 Å². The Morgan fingerprint density at radius 3 is 2.00 bits per heavy atom. The SMILES string of the molecule is CC(=O)[O-].[CH2]C(OC(C)=O)n1c(C(=O)C(F)(F)F)ccc1-c1ccc(Br)cc1.[Hg+]. The Bertz CT molecular complexity index is 861. The maximum atomic E-state index is 12.8. The summed E-state index contributed by atoms with van der Waals surface area (Å²) in [5, 5.41) is 8.89. The molecule has 0 amide bonds. The molecule has 29 heavy (non-hydrogen) atoms. The summed E-state index contributed by atoms with van der Waals surface area (Å²) < 4.78 is 45.0. The van der Waals surface area contributed by atoms with Crippen molar-refractivity contribution >= 4 is 33.7 Å². The van der Waals surface area contributed by atoms with E-state index in [-0.39, 0.29) is 33.4 Å². The van der Waals surface area contributed by atoms with Crippen molar-refractivity contribution in [3.63, 3.8) is 0 Å². The van der Waals surface area contributed by atoms with Gasteiger partial charge in [0.2, 0.25) is 0 Å². The summed E-state index contributed by atoms with van der Waals surface area (Å²) in [6, 6.07) is 9.08. The maximum Gasteiger partial charge on any atom is 1.00 e. The van der Waals surface area contributed by atoms with Crippen molar-refractivity contribution in [3.05, 3.63) is 53.5 Å². The molecule has 11 heteroatoms. The van der Waals surface area contributed by atoms with Gasteiger partial charge in [-0.05, 0) is 36.8 Å². The third-order valence-electron chi connectivity index (χ3n) is 3.14. The van der Waals surface area contributed by atoms with Gasteiger partial charge in [0.25, 0.3) is 5.78 Å². The first-order chi connectivity index (χ1) is 12.8. The fraction of sp³-hybridized carbons (Fsp3) is 0.222. The summed E-state index contributed by atoms with van der Waals surface area (Å²) in [7, 11) is 0. The van der Waals surface area contributed by atoms with Crippen molar-refractivity contribution in [1.29, 1.82) is 0 Å². The van der Waals surface area contributed by atoms with E-state index in [4.69, 9.17) is 14.6 Å². The number of esters is 1. The van der Waals surface area contributed by atoms with Crippen molar-refractivity contribution in [2.24, 2.45) is 0 Å². The van der Waals surface area contributed by atoms with Crippen LogP contribution < -0.4 is 5.11 Å². The molecular weight excluding hydrogens is 648 g/mol. The van der Waals surface area contributed by atoms with Crippen LogP contribution >= 0.6 is 15.9 Å². The minimum atomic E-state index is -5.05. The number of hydrogen-bond donors (Lipinski definition) is 0. The number of Topliss-reactive ketones (excluding diaryl/α,β-unsaturated/α-hetero) is 1. The van der Waals surface area contributed by atoms with Crippen LogP contribution in [0.3, 0.4) is 0 Å². The van der Waals surface area contributed by atoms with Crippen molar-refractivity contribution in [2.45, 2.75) is 26.3 Å². The molecule has 0 aliphatic carbocycles. The molecule has 0 bridgehead atoms. The first kappa shape index (κ1) is 27.3. The Morgan fingerprint density at radius 2 is 1.59 bits per heavy atom. The van der Waals surface area contributed by atoms with Crippen LogP contribution in [-0.4, -0.2) is 28.5 Å². The molecule has 1 aromatic heterocycles. The molecule has 0 fully saturated rings. The van der Waals surface area contributed by atoms with E-state index < -0.39 is 35.8 Å². The van der Waals surface area contributed by atoms with Gasteiger partial charge in [-0.1, -0.05) is 28.1 Å². The molecule has 1 heterocycles. The molecule has 0 aliphatic heterocycles. The molecule has 0 spiro atoms. The number of carbonyl (C=O) groups is 3. The number of halogens is 4. The van der Waals surface area contributed by atoms with Gasteiger partial charge in [-0.3, -0.25) is 9.59 Å². The van der Waals surface area contributed by atoms with Gasteiger partial charge in [-0.25, -0.2) is 0 Å². The van der Waals surface area contributed by atoms with E-state index in [0.29, 0.717) is 5.56 Å². The predicted molar refractivity (Wildman–Crippen MR) is 94.8 cm³/mol. The first-order valence-corrected chi connectivity index (χ1v) is 8.40. The number of carboxylic acids is 1. The molecule has 0 saturated carbocycles. The van der Waals surface area contributed by atoms with Crippen molar-refractivity contribution in [1.82, 2.24) is 4.57 Å². The summed E-state index contributed by atoms with van der Waals surface area (Å²) in [5.41, 5.74) is 0.165. The van der Waals surface area contributed by atoms with Crippen molar-refractivity contribution < 1.29 is 65.1 Å². The number of carboxylic acid groups (broad SMARTS) is 1. The number of benzene rings is 1. The topological polar surface area (TPSA) is 88.4 Å². The van der Waals surface area contributed by atoms with E-state index in [0.717, 1.165) is 29.0 Å². The second-order valence-electron chi connectivity index (χ2n) is 5.36. The number of aliphatic carboxylic acids is 1. The Balaban J connectivity index is 0.00000143. The molecule has 1 unspecified atom stereocenters. The summed E-state index contributed by atoms with van der Waals surface area (Å²) in [6.45, 7) is 5.62. The number of hydrogen-bond acceptors (Lipinski definition) is 5. The minimum Gasteiger partial charge on any atom is -0.550 e. The molecule has 1 atom stereocenters. The Morgan fingerprint density at radius 1 is 1.10 bits per heavy atom. The third-order valence-corrected chi connectivity index (χ3v) is 3.67. The number of ether oxygens (including phenoxy) is 1. The molecule has 0 saturated heterocycles. The van der Waals surface area contributed by atoms with Crippen LogP contribution in [0.1, 0.15) is 30.6 Å². The van der Waals surface area contributed by atoms with E-state index in [1.54, 1.807) is 24.3 Å². The zero-order chi connectivity index (χ0) is 21.6. The number of nitrogens with zero attached hydrogens (tertiary/aromatic N) is 1. The zero-order valence-electron chi connectivity index (χ0n) is 15.5. The van der Waals surface area contributed by atoms with Gasteiger partial charge in [-0.2, -0.15) is 13.2 Å². The fourth-order valence-corrected chi connectivity index (χ4v) is 2.45. The van der Waals surface area contributed by atoms with Crippen LogP contribution in [0.25, 0.3) is 11.3 Å².